The summed E-state index contributed by atoms with van der Waals surface area (Å²) in [4.78, 5) is 29.8. The van der Waals surface area contributed by atoms with E-state index >= 15 is 0 Å². The molecule has 7 heteroatoms. The monoisotopic (exact) mass is 393 g/mol. The van der Waals surface area contributed by atoms with Crippen molar-refractivity contribution in [2.24, 2.45) is 7.05 Å². The van der Waals surface area contributed by atoms with Gasteiger partial charge in [-0.2, -0.15) is 5.10 Å². The zero-order valence-corrected chi connectivity index (χ0v) is 17.2. The lowest BCUT2D eigenvalue weighted by atomic mass is 10.2. The van der Waals surface area contributed by atoms with Crippen LogP contribution in [0.1, 0.15) is 49.1 Å². The standard InChI is InChI=1S/C22H27N5O2/c1-14-8-10-17(11-9-14)27-21-20(15(2)25-27)24-18(22(29)26(21)3)12-13-19(28)23-16-6-4-5-7-16/h8-11,16H,4-7,12-13H2,1-3H3,(H,23,28). The number of rotatable bonds is 5. The molecular weight excluding hydrogens is 366 g/mol. The normalized spacial score (nSPS) is 14.6. The van der Waals surface area contributed by atoms with Crippen LogP contribution in [0.25, 0.3) is 16.9 Å². The Bertz CT molecular complexity index is 1100. The number of aromatic nitrogens is 4. The van der Waals surface area contributed by atoms with Crippen LogP contribution in [0.4, 0.5) is 0 Å². The number of benzene rings is 1. The largest absolute Gasteiger partial charge is 0.353 e. The van der Waals surface area contributed by atoms with Crippen LogP contribution in [0.2, 0.25) is 0 Å². The number of nitrogens with zero attached hydrogens (tertiary/aromatic N) is 4. The fourth-order valence-electron chi connectivity index (χ4n) is 4.04. The molecule has 1 N–H and O–H groups in total. The van der Waals surface area contributed by atoms with E-state index in [1.54, 1.807) is 16.3 Å². The van der Waals surface area contributed by atoms with Crippen molar-refractivity contribution in [2.75, 3.05) is 0 Å². The lowest BCUT2D eigenvalue weighted by Crippen LogP contribution is -2.33. The van der Waals surface area contributed by atoms with Gasteiger partial charge in [0.25, 0.3) is 5.56 Å². The molecule has 1 aliphatic carbocycles. The topological polar surface area (TPSA) is 81.8 Å². The second kappa shape index (κ2) is 7.81. The van der Waals surface area contributed by atoms with Crippen molar-refractivity contribution in [2.45, 2.75) is 58.4 Å². The van der Waals surface area contributed by atoms with Crippen molar-refractivity contribution < 1.29 is 4.79 Å². The number of fused-ring (bicyclic) bond motifs is 1. The summed E-state index contributed by atoms with van der Waals surface area (Å²) in [6.45, 7) is 3.92. The first-order valence-electron chi connectivity index (χ1n) is 10.3. The second-order valence-electron chi connectivity index (χ2n) is 7.98. The molecule has 1 fully saturated rings. The van der Waals surface area contributed by atoms with Crippen molar-refractivity contribution in [1.29, 1.82) is 0 Å². The van der Waals surface area contributed by atoms with Gasteiger partial charge in [-0.25, -0.2) is 9.67 Å². The molecule has 2 heterocycles. The molecule has 0 bridgehead atoms. The molecule has 1 aromatic carbocycles. The summed E-state index contributed by atoms with van der Waals surface area (Å²) in [6, 6.07) is 8.28. The predicted molar refractivity (Wildman–Crippen MR) is 112 cm³/mol. The van der Waals surface area contributed by atoms with Gasteiger partial charge in [-0.1, -0.05) is 30.5 Å². The van der Waals surface area contributed by atoms with Gasteiger partial charge >= 0.3 is 0 Å². The quantitative estimate of drug-likeness (QED) is 0.723. The summed E-state index contributed by atoms with van der Waals surface area (Å²) in [6.07, 6.45) is 5.05. The number of aryl methyl sites for hydroxylation is 4. The summed E-state index contributed by atoms with van der Waals surface area (Å²) in [5, 5.41) is 7.68. The first-order valence-corrected chi connectivity index (χ1v) is 10.3. The lowest BCUT2D eigenvalue weighted by molar-refractivity contribution is -0.121. The van der Waals surface area contributed by atoms with Crippen molar-refractivity contribution in [3.05, 3.63) is 51.6 Å². The number of carbonyl (C=O) groups is 1. The fraction of sp³-hybridized carbons (Fsp3) is 0.455. The van der Waals surface area contributed by atoms with E-state index in [0.29, 0.717) is 23.3 Å². The van der Waals surface area contributed by atoms with Gasteiger partial charge in [-0.15, -0.1) is 0 Å². The Morgan fingerprint density at radius 1 is 1.17 bits per heavy atom. The summed E-state index contributed by atoms with van der Waals surface area (Å²) in [5.41, 5.74) is 4.39. The number of hydrogen-bond acceptors (Lipinski definition) is 4. The van der Waals surface area contributed by atoms with Crippen molar-refractivity contribution >= 4 is 17.1 Å². The fourth-order valence-corrected chi connectivity index (χ4v) is 4.04. The van der Waals surface area contributed by atoms with Crippen molar-refractivity contribution in [3.8, 4) is 5.69 Å². The molecule has 0 radical (unpaired) electrons. The molecule has 0 unspecified atom stereocenters. The Hall–Kier alpha value is -2.96. The van der Waals surface area contributed by atoms with E-state index < -0.39 is 0 Å². The molecule has 1 amide bonds. The van der Waals surface area contributed by atoms with Crippen LogP contribution in [-0.4, -0.2) is 31.3 Å². The summed E-state index contributed by atoms with van der Waals surface area (Å²) in [7, 11) is 1.74. The Morgan fingerprint density at radius 2 is 1.86 bits per heavy atom. The molecule has 0 saturated heterocycles. The van der Waals surface area contributed by atoms with Crippen LogP contribution in [0.3, 0.4) is 0 Å². The molecule has 0 atom stereocenters. The Balaban J connectivity index is 1.62. The third-order valence-electron chi connectivity index (χ3n) is 5.71. The third-order valence-corrected chi connectivity index (χ3v) is 5.71. The molecule has 152 valence electrons. The van der Waals surface area contributed by atoms with E-state index in [-0.39, 0.29) is 23.9 Å². The smallest absolute Gasteiger partial charge is 0.273 e. The molecule has 1 aliphatic rings. The van der Waals surface area contributed by atoms with Gasteiger partial charge in [0.15, 0.2) is 5.65 Å². The summed E-state index contributed by atoms with van der Waals surface area (Å²) >= 11 is 0. The van der Waals surface area contributed by atoms with Gasteiger partial charge in [-0.05, 0) is 38.8 Å². The number of amides is 1. The molecule has 1 saturated carbocycles. The van der Waals surface area contributed by atoms with Crippen LogP contribution in [-0.2, 0) is 18.3 Å². The molecule has 0 spiro atoms. The van der Waals surface area contributed by atoms with Gasteiger partial charge < -0.3 is 5.32 Å². The van der Waals surface area contributed by atoms with Gasteiger partial charge in [0.2, 0.25) is 5.91 Å². The minimum absolute atomic E-state index is 0.00655. The highest BCUT2D eigenvalue weighted by molar-refractivity contribution is 5.77. The summed E-state index contributed by atoms with van der Waals surface area (Å²) in [5.74, 6) is -0.00655. The lowest BCUT2D eigenvalue weighted by Gasteiger charge is -2.12. The van der Waals surface area contributed by atoms with Gasteiger partial charge in [0.05, 0.1) is 11.4 Å². The maximum absolute atomic E-state index is 12.9. The zero-order chi connectivity index (χ0) is 20.5. The second-order valence-corrected chi connectivity index (χ2v) is 7.98. The van der Waals surface area contributed by atoms with Crippen LogP contribution >= 0.6 is 0 Å². The minimum atomic E-state index is -0.181. The SMILES string of the molecule is Cc1ccc(-n2nc(C)c3nc(CCC(=O)NC4CCCC4)c(=O)n(C)c32)cc1. The van der Waals surface area contributed by atoms with Crippen molar-refractivity contribution in [1.82, 2.24) is 24.6 Å². The maximum atomic E-state index is 12.9. The average molecular weight is 393 g/mol. The molecule has 0 aliphatic heterocycles. The minimum Gasteiger partial charge on any atom is -0.353 e. The molecule has 4 rings (SSSR count). The Kier molecular flexibility index (Phi) is 5.22. The third kappa shape index (κ3) is 3.81. The van der Waals surface area contributed by atoms with E-state index in [9.17, 15) is 9.59 Å². The highest BCUT2D eigenvalue weighted by Crippen LogP contribution is 2.20. The van der Waals surface area contributed by atoms with Crippen LogP contribution < -0.4 is 10.9 Å². The highest BCUT2D eigenvalue weighted by atomic mass is 16.1. The first kappa shape index (κ1) is 19.4. The maximum Gasteiger partial charge on any atom is 0.273 e. The Labute approximate surface area is 169 Å². The summed E-state index contributed by atoms with van der Waals surface area (Å²) < 4.78 is 3.35. The molecule has 3 aromatic rings. The molecule has 2 aromatic heterocycles. The molecule has 29 heavy (non-hydrogen) atoms. The number of carbonyl (C=O) groups excluding carboxylic acids is 1. The molecular formula is C22H27N5O2. The average Bonchev–Trinajstić information content (AvgIpc) is 3.32. The van der Waals surface area contributed by atoms with E-state index in [4.69, 9.17) is 0 Å². The van der Waals surface area contributed by atoms with E-state index in [1.807, 2.05) is 38.1 Å². The highest BCUT2D eigenvalue weighted by Gasteiger charge is 2.20. The van der Waals surface area contributed by atoms with E-state index in [1.165, 1.54) is 12.8 Å². The first-order chi connectivity index (χ1) is 13.9. The van der Waals surface area contributed by atoms with E-state index in [2.05, 4.69) is 15.4 Å². The predicted octanol–water partition coefficient (Wildman–Crippen LogP) is 2.73. The van der Waals surface area contributed by atoms with Crippen molar-refractivity contribution in [3.63, 3.8) is 0 Å². The van der Waals surface area contributed by atoms with Crippen LogP contribution in [0, 0.1) is 13.8 Å². The number of nitrogens with one attached hydrogen (secondary N) is 1. The van der Waals surface area contributed by atoms with Crippen LogP contribution in [0.15, 0.2) is 29.1 Å². The van der Waals surface area contributed by atoms with Crippen LogP contribution in [0.5, 0.6) is 0 Å². The number of hydrogen-bond donors (Lipinski definition) is 1. The Morgan fingerprint density at radius 3 is 2.55 bits per heavy atom. The van der Waals surface area contributed by atoms with Gasteiger partial charge in [0.1, 0.15) is 11.2 Å². The molecule has 7 nitrogen and oxygen atoms in total. The van der Waals surface area contributed by atoms with Gasteiger partial charge in [0, 0.05) is 25.9 Å². The van der Waals surface area contributed by atoms with E-state index in [0.717, 1.165) is 29.8 Å². The van der Waals surface area contributed by atoms with Gasteiger partial charge in [-0.3, -0.25) is 14.2 Å². The zero-order valence-electron chi connectivity index (χ0n) is 17.2.